The number of imide groups is 1. The van der Waals surface area contributed by atoms with Crippen molar-refractivity contribution < 1.29 is 23.9 Å². The minimum Gasteiger partial charge on any atom is -0.444 e. The molecule has 1 unspecified atom stereocenters. The maximum absolute atomic E-state index is 13.0. The van der Waals surface area contributed by atoms with Crippen LogP contribution in [0.25, 0.3) is 0 Å². The van der Waals surface area contributed by atoms with Gasteiger partial charge in [-0.25, -0.2) is 19.5 Å². The van der Waals surface area contributed by atoms with Crippen molar-refractivity contribution >= 4 is 18.1 Å². The number of likely N-dealkylation sites (tertiary alicyclic amines) is 1. The standard InChI is InChI=1S/C22H34N4O5/c1-21(2,3)30-19(28)24-10-11-25-14-23-16(17(25)13-24)12-15-8-7-9-26(18(15)27)20(29)31-22(4,5)6/h14-15H,7-13H2,1-6H3. The average molecular weight is 435 g/mol. The van der Waals surface area contributed by atoms with Crippen LogP contribution >= 0.6 is 0 Å². The van der Waals surface area contributed by atoms with Gasteiger partial charge in [-0.3, -0.25) is 4.79 Å². The number of carbonyl (C=O) groups excluding carboxylic acids is 3. The van der Waals surface area contributed by atoms with Crippen molar-refractivity contribution in [1.82, 2.24) is 19.4 Å². The maximum atomic E-state index is 13.0. The third kappa shape index (κ3) is 5.77. The number of piperidine rings is 1. The van der Waals surface area contributed by atoms with E-state index in [0.717, 1.165) is 17.8 Å². The lowest BCUT2D eigenvalue weighted by Crippen LogP contribution is -2.47. The lowest BCUT2D eigenvalue weighted by molar-refractivity contribution is -0.137. The van der Waals surface area contributed by atoms with Crippen molar-refractivity contribution in [1.29, 1.82) is 0 Å². The second kappa shape index (κ2) is 8.51. The Morgan fingerprint density at radius 1 is 1.03 bits per heavy atom. The maximum Gasteiger partial charge on any atom is 0.417 e. The molecule has 0 radical (unpaired) electrons. The first-order valence-electron chi connectivity index (χ1n) is 10.9. The lowest BCUT2D eigenvalue weighted by atomic mass is 9.92. The van der Waals surface area contributed by atoms with E-state index < -0.39 is 17.3 Å². The van der Waals surface area contributed by atoms with Gasteiger partial charge in [-0.05, 0) is 54.4 Å². The zero-order valence-electron chi connectivity index (χ0n) is 19.4. The summed E-state index contributed by atoms with van der Waals surface area (Å²) in [7, 11) is 0. The molecule has 1 aromatic rings. The van der Waals surface area contributed by atoms with Crippen LogP contribution in [0.3, 0.4) is 0 Å². The summed E-state index contributed by atoms with van der Waals surface area (Å²) in [6.45, 7) is 12.8. The largest absolute Gasteiger partial charge is 0.444 e. The minimum absolute atomic E-state index is 0.220. The molecule has 2 aliphatic rings. The Morgan fingerprint density at radius 3 is 2.32 bits per heavy atom. The molecule has 1 atom stereocenters. The quantitative estimate of drug-likeness (QED) is 0.709. The van der Waals surface area contributed by atoms with Gasteiger partial charge in [0, 0.05) is 32.0 Å². The van der Waals surface area contributed by atoms with Crippen LogP contribution in [-0.4, -0.2) is 61.7 Å². The normalized spacial score (nSPS) is 19.8. The SMILES string of the molecule is CC(C)(C)OC(=O)N1CCn2cnc(CC3CCCN(C(=O)OC(C)(C)C)C3=O)c2C1. The molecule has 172 valence electrons. The fourth-order valence-corrected chi connectivity index (χ4v) is 3.84. The van der Waals surface area contributed by atoms with Gasteiger partial charge < -0.3 is 18.9 Å². The summed E-state index contributed by atoms with van der Waals surface area (Å²) in [5, 5.41) is 0. The first kappa shape index (κ1) is 23.1. The Hall–Kier alpha value is -2.58. The predicted molar refractivity (Wildman–Crippen MR) is 113 cm³/mol. The molecule has 0 N–H and O–H groups in total. The van der Waals surface area contributed by atoms with Gasteiger partial charge in [0.15, 0.2) is 0 Å². The molecule has 3 heterocycles. The van der Waals surface area contributed by atoms with Gasteiger partial charge in [0.05, 0.1) is 24.3 Å². The summed E-state index contributed by atoms with van der Waals surface area (Å²) in [5.41, 5.74) is 0.493. The fraction of sp³-hybridized carbons (Fsp3) is 0.727. The number of rotatable bonds is 2. The topological polar surface area (TPSA) is 94.0 Å². The molecular weight excluding hydrogens is 400 g/mol. The van der Waals surface area contributed by atoms with Crippen LogP contribution in [-0.2, 0) is 33.8 Å². The molecule has 1 fully saturated rings. The Balaban J connectivity index is 1.69. The summed E-state index contributed by atoms with van der Waals surface area (Å²) in [4.78, 5) is 45.3. The molecule has 0 aliphatic carbocycles. The molecule has 3 rings (SSSR count). The minimum atomic E-state index is -0.654. The van der Waals surface area contributed by atoms with Crippen molar-refractivity contribution in [2.24, 2.45) is 5.92 Å². The molecule has 0 spiro atoms. The first-order chi connectivity index (χ1) is 14.3. The van der Waals surface area contributed by atoms with Crippen molar-refractivity contribution in [3.8, 4) is 0 Å². The van der Waals surface area contributed by atoms with E-state index in [4.69, 9.17) is 9.47 Å². The number of amides is 3. The van der Waals surface area contributed by atoms with Gasteiger partial charge in [0.2, 0.25) is 5.91 Å². The van der Waals surface area contributed by atoms with Crippen LogP contribution in [0.15, 0.2) is 6.33 Å². The summed E-state index contributed by atoms with van der Waals surface area (Å²) in [6, 6.07) is 0. The molecule has 2 aliphatic heterocycles. The molecule has 3 amide bonds. The van der Waals surface area contributed by atoms with Crippen molar-refractivity contribution in [2.75, 3.05) is 13.1 Å². The monoisotopic (exact) mass is 434 g/mol. The van der Waals surface area contributed by atoms with Gasteiger partial charge in [-0.1, -0.05) is 0 Å². The Kier molecular flexibility index (Phi) is 6.34. The molecule has 0 bridgehead atoms. The summed E-state index contributed by atoms with van der Waals surface area (Å²) < 4.78 is 12.9. The van der Waals surface area contributed by atoms with Crippen LogP contribution in [0.4, 0.5) is 9.59 Å². The van der Waals surface area contributed by atoms with Gasteiger partial charge in [-0.2, -0.15) is 0 Å². The number of hydrogen-bond acceptors (Lipinski definition) is 6. The van der Waals surface area contributed by atoms with Crippen molar-refractivity contribution in [2.45, 2.75) is 85.1 Å². The fourth-order valence-electron chi connectivity index (χ4n) is 3.84. The molecule has 9 heteroatoms. The van der Waals surface area contributed by atoms with Gasteiger partial charge in [0.25, 0.3) is 0 Å². The van der Waals surface area contributed by atoms with Crippen LogP contribution < -0.4 is 0 Å². The molecule has 1 aromatic heterocycles. The molecule has 1 saturated heterocycles. The number of aromatic nitrogens is 2. The highest BCUT2D eigenvalue weighted by Crippen LogP contribution is 2.27. The van der Waals surface area contributed by atoms with Gasteiger partial charge >= 0.3 is 12.2 Å². The highest BCUT2D eigenvalue weighted by atomic mass is 16.6. The average Bonchev–Trinajstić information content (AvgIpc) is 3.02. The number of imidazole rings is 1. The first-order valence-corrected chi connectivity index (χ1v) is 10.9. The van der Waals surface area contributed by atoms with Crippen LogP contribution in [0.2, 0.25) is 0 Å². The van der Waals surface area contributed by atoms with E-state index in [9.17, 15) is 14.4 Å². The van der Waals surface area contributed by atoms with Crippen LogP contribution in [0.5, 0.6) is 0 Å². The third-order valence-electron chi connectivity index (χ3n) is 5.24. The number of ether oxygens (including phenoxy) is 2. The second-order valence-electron chi connectivity index (χ2n) is 10.2. The summed E-state index contributed by atoms with van der Waals surface area (Å²) in [5.74, 6) is -0.556. The van der Waals surface area contributed by atoms with E-state index in [-0.39, 0.29) is 17.9 Å². The van der Waals surface area contributed by atoms with E-state index in [2.05, 4.69) is 4.98 Å². The summed E-state index contributed by atoms with van der Waals surface area (Å²) >= 11 is 0. The van der Waals surface area contributed by atoms with E-state index in [1.54, 1.807) is 32.0 Å². The molecule has 31 heavy (non-hydrogen) atoms. The Morgan fingerprint density at radius 2 is 1.68 bits per heavy atom. The zero-order valence-corrected chi connectivity index (χ0v) is 19.4. The van der Waals surface area contributed by atoms with Crippen LogP contribution in [0.1, 0.15) is 65.8 Å². The smallest absolute Gasteiger partial charge is 0.417 e. The highest BCUT2D eigenvalue weighted by Gasteiger charge is 2.36. The zero-order chi connectivity index (χ0) is 23.0. The van der Waals surface area contributed by atoms with Crippen molar-refractivity contribution in [3.05, 3.63) is 17.7 Å². The summed E-state index contributed by atoms with van der Waals surface area (Å²) in [6.07, 6.45) is 2.68. The van der Waals surface area contributed by atoms with Gasteiger partial charge in [0.1, 0.15) is 11.2 Å². The predicted octanol–water partition coefficient (Wildman–Crippen LogP) is 3.35. The molecule has 0 aromatic carbocycles. The second-order valence-corrected chi connectivity index (χ2v) is 10.2. The number of fused-ring (bicyclic) bond motifs is 1. The van der Waals surface area contributed by atoms with E-state index in [1.807, 2.05) is 25.3 Å². The van der Waals surface area contributed by atoms with Crippen molar-refractivity contribution in [3.63, 3.8) is 0 Å². The Labute approximate surface area is 183 Å². The lowest BCUT2D eigenvalue weighted by Gasteiger charge is -2.33. The highest BCUT2D eigenvalue weighted by molar-refractivity contribution is 5.94. The van der Waals surface area contributed by atoms with Gasteiger partial charge in [-0.15, -0.1) is 0 Å². The Bertz CT molecular complexity index is 849. The molecule has 0 saturated carbocycles. The molecule has 9 nitrogen and oxygen atoms in total. The number of carbonyl (C=O) groups is 3. The molecular formula is C22H34N4O5. The van der Waals surface area contributed by atoms with Crippen LogP contribution in [0, 0.1) is 5.92 Å². The third-order valence-corrected chi connectivity index (χ3v) is 5.24. The van der Waals surface area contributed by atoms with E-state index in [0.29, 0.717) is 39.0 Å². The van der Waals surface area contributed by atoms with E-state index in [1.165, 1.54) is 4.90 Å². The number of nitrogens with zero attached hydrogens (tertiary/aromatic N) is 4. The van der Waals surface area contributed by atoms with E-state index >= 15 is 0 Å². The number of hydrogen-bond donors (Lipinski definition) is 0.